The van der Waals surface area contributed by atoms with Crippen LogP contribution in [0.4, 0.5) is 0 Å². The number of pyridine rings is 1. The van der Waals surface area contributed by atoms with Crippen LogP contribution in [0.1, 0.15) is 131 Å². The molecule has 9 heteroatoms. The van der Waals surface area contributed by atoms with E-state index < -0.39 is 0 Å². The molecule has 4 aromatic rings. The summed E-state index contributed by atoms with van der Waals surface area (Å²) >= 11 is 0. The maximum Gasteiger partial charge on any atom is 0.270 e. The number of nitrogens with zero attached hydrogens (tertiary/aromatic N) is 1. The first-order valence-corrected chi connectivity index (χ1v) is 19.7. The van der Waals surface area contributed by atoms with Gasteiger partial charge in [-0.15, -0.1) is 0 Å². The van der Waals surface area contributed by atoms with Crippen LogP contribution in [0.5, 0.6) is 0 Å². The summed E-state index contributed by atoms with van der Waals surface area (Å²) in [5.41, 5.74) is 7.56. The van der Waals surface area contributed by atoms with E-state index in [9.17, 15) is 19.2 Å². The molecular weight excluding hydrogens is 675 g/mol. The lowest BCUT2D eigenvalue weighted by Crippen LogP contribution is -2.24. The van der Waals surface area contributed by atoms with Crippen molar-refractivity contribution in [1.82, 2.24) is 26.3 Å². The van der Waals surface area contributed by atoms with Crippen molar-refractivity contribution in [2.45, 2.75) is 116 Å². The van der Waals surface area contributed by atoms with E-state index in [1.165, 1.54) is 5.56 Å². The Morgan fingerprint density at radius 3 is 1.39 bits per heavy atom. The lowest BCUT2D eigenvalue weighted by atomic mass is 10.0. The molecule has 5 heterocycles. The van der Waals surface area contributed by atoms with Gasteiger partial charge in [0.25, 0.3) is 11.8 Å². The van der Waals surface area contributed by atoms with Crippen LogP contribution >= 0.6 is 0 Å². The Labute approximate surface area is 320 Å². The maximum absolute atomic E-state index is 12.4. The number of carbonyl (C=O) groups is 4. The first-order chi connectivity index (χ1) is 26.4. The minimum atomic E-state index is -0.150. The normalized spacial score (nSPS) is 17.0. The standard InChI is InChI=1S/C23H28N2O2.C22H27N3O2/c26-22-10-5-3-1-2-4-7-18-8-6-9-21(15-18)23(27)25-17-20-13-11-19(12-14-20)16-24-22;26-21-10-5-3-1-2-4-7-19-8-6-9-20(25-19)22(27)24-16-18-13-11-17(12-14-18)15-23-21/h6,8-9,11-15H,1-5,7,10,16-17H2,(H,24,26)(H,25,27);6,8-9,11-14H,1-5,7,10,15-16H2,(H,23,26)(H,24,27). The lowest BCUT2D eigenvalue weighted by Gasteiger charge is -2.10. The topological polar surface area (TPSA) is 129 Å². The molecule has 54 heavy (non-hydrogen) atoms. The number of amides is 4. The highest BCUT2D eigenvalue weighted by Gasteiger charge is 2.10. The summed E-state index contributed by atoms with van der Waals surface area (Å²) in [7, 11) is 0. The molecule has 4 amide bonds. The Morgan fingerprint density at radius 1 is 0.389 bits per heavy atom. The summed E-state index contributed by atoms with van der Waals surface area (Å²) in [5.74, 6) is 0.0458. The number of hydrogen-bond acceptors (Lipinski definition) is 5. The van der Waals surface area contributed by atoms with Crippen molar-refractivity contribution in [3.05, 3.63) is 136 Å². The second kappa shape index (κ2) is 22.0. The molecule has 0 saturated carbocycles. The number of aryl methyl sites for hydroxylation is 2. The quantitative estimate of drug-likeness (QED) is 0.148. The molecule has 0 aliphatic carbocycles. The summed E-state index contributed by atoms with van der Waals surface area (Å²) in [4.78, 5) is 53.2. The van der Waals surface area contributed by atoms with E-state index in [-0.39, 0.29) is 23.6 Å². The molecule has 1 aromatic heterocycles. The van der Waals surface area contributed by atoms with Crippen molar-refractivity contribution < 1.29 is 19.2 Å². The van der Waals surface area contributed by atoms with Gasteiger partial charge >= 0.3 is 0 Å². The number of fused-ring (bicyclic) bond motifs is 26. The van der Waals surface area contributed by atoms with E-state index >= 15 is 0 Å². The Hall–Kier alpha value is -5.31. The average molecular weight is 730 g/mol. The van der Waals surface area contributed by atoms with E-state index in [1.54, 1.807) is 6.07 Å². The molecule has 0 spiro atoms. The Kier molecular flexibility index (Phi) is 16.3. The summed E-state index contributed by atoms with van der Waals surface area (Å²) in [6, 6.07) is 29.5. The number of rotatable bonds is 0. The molecule has 4 aliphatic heterocycles. The molecular formula is C45H55N5O4. The van der Waals surface area contributed by atoms with Gasteiger partial charge < -0.3 is 21.3 Å². The van der Waals surface area contributed by atoms with Crippen LogP contribution in [0.2, 0.25) is 0 Å². The van der Waals surface area contributed by atoms with E-state index in [4.69, 9.17) is 0 Å². The van der Waals surface area contributed by atoms with Gasteiger partial charge in [0, 0.05) is 50.3 Å². The smallest absolute Gasteiger partial charge is 0.270 e. The largest absolute Gasteiger partial charge is 0.352 e. The fraction of sp³-hybridized carbons (Fsp3) is 0.400. The molecule has 0 atom stereocenters. The van der Waals surface area contributed by atoms with Crippen LogP contribution in [-0.4, -0.2) is 28.6 Å². The predicted molar refractivity (Wildman–Crippen MR) is 212 cm³/mol. The summed E-state index contributed by atoms with van der Waals surface area (Å²) in [6.07, 6.45) is 13.8. The highest BCUT2D eigenvalue weighted by molar-refractivity contribution is 5.94. The second-order valence-electron chi connectivity index (χ2n) is 14.3. The molecule has 9 nitrogen and oxygen atoms in total. The third kappa shape index (κ3) is 14.3. The van der Waals surface area contributed by atoms with Crippen molar-refractivity contribution in [1.29, 1.82) is 0 Å². The molecule has 0 radical (unpaired) electrons. The third-order valence-corrected chi connectivity index (χ3v) is 9.87. The van der Waals surface area contributed by atoms with Crippen molar-refractivity contribution in [2.75, 3.05) is 0 Å². The van der Waals surface area contributed by atoms with E-state index in [0.29, 0.717) is 44.7 Å². The second-order valence-corrected chi connectivity index (χ2v) is 14.3. The third-order valence-electron chi connectivity index (χ3n) is 9.87. The molecule has 284 valence electrons. The fourth-order valence-corrected chi connectivity index (χ4v) is 6.57. The Bertz CT molecular complexity index is 1670. The van der Waals surface area contributed by atoms with Gasteiger partial charge in [0.05, 0.1) is 0 Å². The van der Waals surface area contributed by atoms with Gasteiger partial charge in [0.1, 0.15) is 5.69 Å². The van der Waals surface area contributed by atoms with Crippen molar-refractivity contribution >= 4 is 23.6 Å². The molecule has 0 fully saturated rings. The zero-order valence-corrected chi connectivity index (χ0v) is 31.5. The van der Waals surface area contributed by atoms with E-state index in [0.717, 1.165) is 111 Å². The minimum absolute atomic E-state index is 0.0393. The number of hydrogen-bond donors (Lipinski definition) is 4. The monoisotopic (exact) mass is 729 g/mol. The van der Waals surface area contributed by atoms with Crippen LogP contribution in [0.3, 0.4) is 0 Å². The molecule has 0 unspecified atom stereocenters. The zero-order chi connectivity index (χ0) is 37.8. The van der Waals surface area contributed by atoms with Gasteiger partial charge in [-0.2, -0.15) is 0 Å². The predicted octanol–water partition coefficient (Wildman–Crippen LogP) is 7.65. The molecule has 8 rings (SSSR count). The van der Waals surface area contributed by atoms with Gasteiger partial charge in [-0.25, -0.2) is 4.98 Å². The van der Waals surface area contributed by atoms with Crippen molar-refractivity contribution in [2.24, 2.45) is 0 Å². The van der Waals surface area contributed by atoms with Crippen molar-refractivity contribution in [3.63, 3.8) is 0 Å². The van der Waals surface area contributed by atoms with Gasteiger partial charge in [-0.05, 0) is 90.6 Å². The van der Waals surface area contributed by atoms with Gasteiger partial charge in [0.2, 0.25) is 11.8 Å². The first kappa shape index (κ1) is 39.9. The Balaban J connectivity index is 0.000000208. The van der Waals surface area contributed by atoms with Gasteiger partial charge in [0.15, 0.2) is 0 Å². The number of carbonyl (C=O) groups excluding carboxylic acids is 4. The summed E-state index contributed by atoms with van der Waals surface area (Å²) in [6.45, 7) is 2.05. The summed E-state index contributed by atoms with van der Waals surface area (Å²) in [5, 5.41) is 11.9. The Morgan fingerprint density at radius 2 is 0.833 bits per heavy atom. The number of aromatic nitrogens is 1. The molecule has 4 aliphatic rings. The average Bonchev–Trinajstić information content (AvgIpc) is 3.20. The highest BCUT2D eigenvalue weighted by atomic mass is 16.2. The van der Waals surface area contributed by atoms with E-state index in [1.807, 2.05) is 78.9 Å². The van der Waals surface area contributed by atoms with Crippen LogP contribution < -0.4 is 21.3 Å². The van der Waals surface area contributed by atoms with Gasteiger partial charge in [-0.1, -0.05) is 105 Å². The molecule has 4 N–H and O–H groups in total. The van der Waals surface area contributed by atoms with Crippen molar-refractivity contribution in [3.8, 4) is 0 Å². The zero-order valence-electron chi connectivity index (χ0n) is 31.5. The maximum atomic E-state index is 12.4. The first-order valence-electron chi connectivity index (χ1n) is 19.7. The van der Waals surface area contributed by atoms with Crippen LogP contribution in [0, 0.1) is 0 Å². The summed E-state index contributed by atoms with van der Waals surface area (Å²) < 4.78 is 0. The lowest BCUT2D eigenvalue weighted by molar-refractivity contribution is -0.122. The minimum Gasteiger partial charge on any atom is -0.352 e. The highest BCUT2D eigenvalue weighted by Crippen LogP contribution is 2.14. The molecule has 0 saturated heterocycles. The molecule has 3 aromatic carbocycles. The number of benzene rings is 3. The fourth-order valence-electron chi connectivity index (χ4n) is 6.57. The van der Waals surface area contributed by atoms with E-state index in [2.05, 4.69) is 32.3 Å². The van der Waals surface area contributed by atoms with Crippen LogP contribution in [0.15, 0.2) is 91.0 Å². The molecule has 8 bridgehead atoms. The van der Waals surface area contributed by atoms with Crippen LogP contribution in [0.25, 0.3) is 0 Å². The SMILES string of the molecule is O=C1CCCCCCCc2cccc(c2)C(=O)NCc2ccc(cc2)CN1.O=C1CCCCCCCc2cccc(n2)C(=O)NCc2ccc(cc2)CN1. The van der Waals surface area contributed by atoms with Gasteiger partial charge in [-0.3, -0.25) is 19.2 Å². The number of nitrogens with one attached hydrogen (secondary N) is 4. The van der Waals surface area contributed by atoms with Crippen LogP contribution in [-0.2, 0) is 48.6 Å².